The Hall–Kier alpha value is -3.53. The van der Waals surface area contributed by atoms with E-state index < -0.39 is 0 Å². The number of anilines is 1. The van der Waals surface area contributed by atoms with E-state index in [1.807, 2.05) is 6.07 Å². The Labute approximate surface area is 186 Å². The van der Waals surface area contributed by atoms with Crippen molar-refractivity contribution in [1.29, 1.82) is 0 Å². The van der Waals surface area contributed by atoms with Crippen LogP contribution in [0.25, 0.3) is 22.7 Å². The molecule has 32 heavy (non-hydrogen) atoms. The number of piperidine rings is 1. The second-order valence-corrected chi connectivity index (χ2v) is 8.98. The number of aromatic nitrogens is 4. The normalized spacial score (nSPS) is 17.1. The van der Waals surface area contributed by atoms with Crippen molar-refractivity contribution < 1.29 is 19.4 Å². The number of hydrogen-bond donors (Lipinski definition) is 4. The summed E-state index contributed by atoms with van der Waals surface area (Å²) in [4.78, 5) is 16.9. The lowest BCUT2D eigenvalue weighted by atomic mass is 9.80. The molecule has 2 aromatic heterocycles. The molecule has 4 N–H and O–H groups in total. The van der Waals surface area contributed by atoms with E-state index in [2.05, 4.69) is 58.5 Å². The third kappa shape index (κ3) is 5.79. The standard InChI is InChI=1S/C21H26N6O2.CH2O2/c1-20(2)10-14(11-21(3,4)27-20)24-19-23-12-16(25-26-19)15-6-5-13(9-17(15)28)18-22-7-8-29-18;2-1-3/h5-9,12,14,27-28H,10-11H2,1-4H3,(H,23,24,26);1H,(H,2,3). The zero-order chi connectivity index (χ0) is 23.4. The summed E-state index contributed by atoms with van der Waals surface area (Å²) in [6.07, 6.45) is 6.60. The summed E-state index contributed by atoms with van der Waals surface area (Å²) in [5, 5.41) is 32.8. The predicted molar refractivity (Wildman–Crippen MR) is 119 cm³/mol. The predicted octanol–water partition coefficient (Wildman–Crippen LogP) is 3.32. The molecule has 0 bridgehead atoms. The molecule has 1 aliphatic heterocycles. The number of oxazole rings is 1. The van der Waals surface area contributed by atoms with Crippen LogP contribution >= 0.6 is 0 Å². The molecule has 1 fully saturated rings. The van der Waals surface area contributed by atoms with Gasteiger partial charge >= 0.3 is 0 Å². The number of hydrogen-bond acceptors (Lipinski definition) is 9. The summed E-state index contributed by atoms with van der Waals surface area (Å²) in [5.41, 5.74) is 1.80. The molecular weight excluding hydrogens is 412 g/mol. The van der Waals surface area contributed by atoms with Crippen LogP contribution in [0.3, 0.4) is 0 Å². The number of carbonyl (C=O) groups is 1. The molecule has 0 aliphatic carbocycles. The summed E-state index contributed by atoms with van der Waals surface area (Å²) < 4.78 is 5.26. The van der Waals surface area contributed by atoms with Gasteiger partial charge in [0.2, 0.25) is 11.8 Å². The summed E-state index contributed by atoms with van der Waals surface area (Å²) in [6, 6.07) is 5.41. The molecule has 0 atom stereocenters. The smallest absolute Gasteiger partial charge is 0.290 e. The van der Waals surface area contributed by atoms with Crippen LogP contribution in [0.1, 0.15) is 40.5 Å². The van der Waals surface area contributed by atoms with E-state index in [9.17, 15) is 5.11 Å². The average molecular weight is 441 g/mol. The van der Waals surface area contributed by atoms with Crippen molar-refractivity contribution in [2.45, 2.75) is 57.7 Å². The Bertz CT molecular complexity index is 1020. The van der Waals surface area contributed by atoms with Crippen molar-refractivity contribution in [3.8, 4) is 28.5 Å². The lowest BCUT2D eigenvalue weighted by Gasteiger charge is -2.46. The highest BCUT2D eigenvalue weighted by Gasteiger charge is 2.37. The Morgan fingerprint density at radius 1 is 1.16 bits per heavy atom. The van der Waals surface area contributed by atoms with Crippen LogP contribution < -0.4 is 10.6 Å². The number of phenols is 1. The summed E-state index contributed by atoms with van der Waals surface area (Å²) in [6.45, 7) is 8.57. The molecule has 3 aromatic rings. The first-order valence-electron chi connectivity index (χ1n) is 10.2. The Morgan fingerprint density at radius 2 is 1.84 bits per heavy atom. The first-order valence-corrected chi connectivity index (χ1v) is 10.2. The average Bonchev–Trinajstić information content (AvgIpc) is 3.22. The number of aromatic hydroxyl groups is 1. The van der Waals surface area contributed by atoms with Gasteiger partial charge in [-0.1, -0.05) is 0 Å². The van der Waals surface area contributed by atoms with Crippen LogP contribution in [0.2, 0.25) is 0 Å². The van der Waals surface area contributed by atoms with E-state index in [1.54, 1.807) is 24.5 Å². The highest BCUT2D eigenvalue weighted by atomic mass is 16.3. The second kappa shape index (κ2) is 9.31. The Kier molecular flexibility index (Phi) is 6.73. The lowest BCUT2D eigenvalue weighted by Crippen LogP contribution is -2.60. The van der Waals surface area contributed by atoms with Crippen LogP contribution in [-0.2, 0) is 4.79 Å². The molecule has 0 amide bonds. The number of rotatable bonds is 4. The number of nitrogens with one attached hydrogen (secondary N) is 2. The van der Waals surface area contributed by atoms with Gasteiger partial charge in [0.05, 0.1) is 12.4 Å². The number of phenolic OH excluding ortho intramolecular Hbond substituents is 1. The van der Waals surface area contributed by atoms with Gasteiger partial charge in [-0.2, -0.15) is 0 Å². The maximum atomic E-state index is 10.4. The number of nitrogens with zero attached hydrogens (tertiary/aromatic N) is 4. The van der Waals surface area contributed by atoms with E-state index in [4.69, 9.17) is 14.3 Å². The van der Waals surface area contributed by atoms with Gasteiger partial charge in [-0.05, 0) is 58.7 Å². The van der Waals surface area contributed by atoms with Gasteiger partial charge in [0, 0.05) is 28.2 Å². The molecule has 170 valence electrons. The molecule has 0 saturated carbocycles. The third-order valence-electron chi connectivity index (χ3n) is 5.04. The Morgan fingerprint density at radius 3 is 2.38 bits per heavy atom. The van der Waals surface area contributed by atoms with E-state index in [0.717, 1.165) is 12.8 Å². The van der Waals surface area contributed by atoms with Gasteiger partial charge in [-0.15, -0.1) is 10.2 Å². The van der Waals surface area contributed by atoms with Crippen LogP contribution in [0.5, 0.6) is 5.75 Å². The minimum Gasteiger partial charge on any atom is -0.507 e. The molecule has 3 heterocycles. The van der Waals surface area contributed by atoms with Crippen LogP contribution in [0, 0.1) is 0 Å². The fourth-order valence-electron chi connectivity index (χ4n) is 4.32. The quantitative estimate of drug-likeness (QED) is 0.445. The van der Waals surface area contributed by atoms with Crippen molar-refractivity contribution >= 4 is 12.4 Å². The van der Waals surface area contributed by atoms with Crippen molar-refractivity contribution in [2.24, 2.45) is 0 Å². The molecular formula is C22H28N6O4. The molecule has 1 aromatic carbocycles. The molecule has 1 aliphatic rings. The summed E-state index contributed by atoms with van der Waals surface area (Å²) in [7, 11) is 0. The lowest BCUT2D eigenvalue weighted by molar-refractivity contribution is -0.122. The highest BCUT2D eigenvalue weighted by molar-refractivity contribution is 5.71. The van der Waals surface area contributed by atoms with Crippen LogP contribution in [0.4, 0.5) is 5.95 Å². The molecule has 10 nitrogen and oxygen atoms in total. The first-order chi connectivity index (χ1) is 15.1. The van der Waals surface area contributed by atoms with Crippen molar-refractivity contribution in [3.63, 3.8) is 0 Å². The first kappa shape index (κ1) is 23.1. The molecule has 0 unspecified atom stereocenters. The number of benzene rings is 1. The largest absolute Gasteiger partial charge is 0.507 e. The summed E-state index contributed by atoms with van der Waals surface area (Å²) in [5.74, 6) is 1.01. The maximum absolute atomic E-state index is 10.4. The Balaban J connectivity index is 0.000000913. The monoisotopic (exact) mass is 440 g/mol. The molecule has 0 radical (unpaired) electrons. The van der Waals surface area contributed by atoms with Gasteiger partial charge in [-0.25, -0.2) is 9.97 Å². The molecule has 10 heteroatoms. The van der Waals surface area contributed by atoms with Gasteiger partial charge < -0.3 is 25.3 Å². The second-order valence-electron chi connectivity index (χ2n) is 8.98. The zero-order valence-electron chi connectivity index (χ0n) is 18.5. The minimum absolute atomic E-state index is 0.0309. The van der Waals surface area contributed by atoms with Crippen molar-refractivity contribution in [3.05, 3.63) is 36.9 Å². The van der Waals surface area contributed by atoms with Gasteiger partial charge in [0.1, 0.15) is 17.7 Å². The van der Waals surface area contributed by atoms with Gasteiger partial charge in [0.15, 0.2) is 0 Å². The van der Waals surface area contributed by atoms with E-state index >= 15 is 0 Å². The van der Waals surface area contributed by atoms with E-state index in [0.29, 0.717) is 28.7 Å². The minimum atomic E-state index is -0.250. The van der Waals surface area contributed by atoms with Crippen molar-refractivity contribution in [2.75, 3.05) is 5.32 Å². The van der Waals surface area contributed by atoms with Gasteiger partial charge in [0.25, 0.3) is 6.47 Å². The van der Waals surface area contributed by atoms with Gasteiger partial charge in [-0.3, -0.25) is 4.79 Å². The zero-order valence-corrected chi connectivity index (χ0v) is 18.5. The number of carboxylic acid groups (broad SMARTS) is 1. The fourth-order valence-corrected chi connectivity index (χ4v) is 4.32. The van der Waals surface area contributed by atoms with E-state index in [1.165, 1.54) is 6.26 Å². The summed E-state index contributed by atoms with van der Waals surface area (Å²) >= 11 is 0. The fraction of sp³-hybridized carbons (Fsp3) is 0.409. The molecule has 1 saturated heterocycles. The topological polar surface area (TPSA) is 146 Å². The SMILES string of the molecule is CC1(C)CC(Nc2ncc(-c3ccc(-c4ncco4)cc3O)nn2)CC(C)(C)N1.O=CO. The van der Waals surface area contributed by atoms with Crippen molar-refractivity contribution in [1.82, 2.24) is 25.5 Å². The highest BCUT2D eigenvalue weighted by Crippen LogP contribution is 2.32. The third-order valence-corrected chi connectivity index (χ3v) is 5.04. The maximum Gasteiger partial charge on any atom is 0.290 e. The molecule has 4 rings (SSSR count). The van der Waals surface area contributed by atoms with Crippen LogP contribution in [-0.4, -0.2) is 54.0 Å². The van der Waals surface area contributed by atoms with Crippen LogP contribution in [0.15, 0.2) is 41.3 Å². The van der Waals surface area contributed by atoms with E-state index in [-0.39, 0.29) is 29.3 Å². The molecule has 0 spiro atoms.